The van der Waals surface area contributed by atoms with Crippen molar-refractivity contribution in [1.82, 2.24) is 14.9 Å². The van der Waals surface area contributed by atoms with Gasteiger partial charge >= 0.3 is 6.18 Å². The van der Waals surface area contributed by atoms with E-state index in [9.17, 15) is 27.6 Å². The number of rotatable bonds is 3. The smallest absolute Gasteiger partial charge is 0.384 e. The highest BCUT2D eigenvalue weighted by molar-refractivity contribution is 6.23. The Balaban J connectivity index is 1.83. The number of carbonyl (C=O) groups excluding carboxylic acids is 2. The predicted molar refractivity (Wildman–Crippen MR) is 111 cm³/mol. The normalized spacial score (nSPS) is 13.2. The van der Waals surface area contributed by atoms with E-state index in [-0.39, 0.29) is 28.2 Å². The molecule has 2 aromatic heterocycles. The third kappa shape index (κ3) is 3.37. The highest BCUT2D eigenvalue weighted by atomic mass is 19.4. The number of aromatic nitrogens is 2. The molecule has 0 saturated heterocycles. The number of alkyl halides is 3. The van der Waals surface area contributed by atoms with Crippen molar-refractivity contribution in [3.8, 4) is 16.8 Å². The van der Waals surface area contributed by atoms with Crippen LogP contribution in [0.3, 0.4) is 0 Å². The van der Waals surface area contributed by atoms with E-state index in [2.05, 4.69) is 10.3 Å². The number of imide groups is 1. The van der Waals surface area contributed by atoms with E-state index in [4.69, 9.17) is 5.73 Å². The van der Waals surface area contributed by atoms with E-state index < -0.39 is 29.1 Å². The Labute approximate surface area is 179 Å². The quantitative estimate of drug-likeness (QED) is 0.602. The summed E-state index contributed by atoms with van der Waals surface area (Å²) in [4.78, 5) is 41.9. The summed E-state index contributed by atoms with van der Waals surface area (Å²) in [6, 6.07) is 8.01. The molecule has 2 amide bonds. The van der Waals surface area contributed by atoms with Crippen LogP contribution >= 0.6 is 0 Å². The first kappa shape index (κ1) is 21.1. The predicted octanol–water partition coefficient (Wildman–Crippen LogP) is 2.45. The first-order chi connectivity index (χ1) is 15.0. The zero-order chi connectivity index (χ0) is 23.4. The highest BCUT2D eigenvalue weighted by Gasteiger charge is 2.33. The standard InChI is InChI=1S/C21H16F3N5O3/c1-28(2)18-13(7-11(9-26-18)21(22,23)24)10-3-5-12(6-4-10)29-15(30)8-14-16(17(29)25)20(32)27-19(14)31/h3-9H,25H2,1-2H3,(H,27,31,32). The lowest BCUT2D eigenvalue weighted by Crippen LogP contribution is -2.24. The number of anilines is 2. The number of nitrogens with zero attached hydrogens (tertiary/aromatic N) is 3. The number of pyridine rings is 2. The number of hydrogen-bond donors (Lipinski definition) is 2. The van der Waals surface area contributed by atoms with E-state index in [1.807, 2.05) is 0 Å². The maximum Gasteiger partial charge on any atom is 0.417 e. The van der Waals surface area contributed by atoms with Crippen molar-refractivity contribution in [2.45, 2.75) is 6.18 Å². The molecule has 0 unspecified atom stereocenters. The van der Waals surface area contributed by atoms with Crippen LogP contribution in [-0.4, -0.2) is 35.5 Å². The molecule has 8 nitrogen and oxygen atoms in total. The molecule has 0 saturated carbocycles. The van der Waals surface area contributed by atoms with Gasteiger partial charge < -0.3 is 10.6 Å². The van der Waals surface area contributed by atoms with E-state index >= 15 is 0 Å². The van der Waals surface area contributed by atoms with E-state index in [0.29, 0.717) is 11.4 Å². The Hall–Kier alpha value is -4.15. The van der Waals surface area contributed by atoms with Crippen molar-refractivity contribution in [2.24, 2.45) is 0 Å². The molecule has 1 aliphatic heterocycles. The third-order valence-corrected chi connectivity index (χ3v) is 5.01. The second-order valence-electron chi connectivity index (χ2n) is 7.31. The molecule has 3 N–H and O–H groups in total. The van der Waals surface area contributed by atoms with Crippen LogP contribution in [0.1, 0.15) is 26.3 Å². The van der Waals surface area contributed by atoms with Gasteiger partial charge in [0.05, 0.1) is 22.4 Å². The molecular weight excluding hydrogens is 427 g/mol. The number of amides is 2. The number of halogens is 3. The fourth-order valence-corrected chi connectivity index (χ4v) is 3.52. The monoisotopic (exact) mass is 443 g/mol. The van der Waals surface area contributed by atoms with Crippen molar-refractivity contribution in [3.05, 3.63) is 69.6 Å². The summed E-state index contributed by atoms with van der Waals surface area (Å²) in [6.07, 6.45) is -3.79. The second-order valence-corrected chi connectivity index (χ2v) is 7.31. The maximum absolute atomic E-state index is 13.2. The highest BCUT2D eigenvalue weighted by Crippen LogP contribution is 2.36. The van der Waals surface area contributed by atoms with Crippen LogP contribution in [0.2, 0.25) is 0 Å². The lowest BCUT2D eigenvalue weighted by Gasteiger charge is -2.19. The minimum atomic E-state index is -4.56. The Bertz CT molecular complexity index is 1330. The summed E-state index contributed by atoms with van der Waals surface area (Å²) in [5.74, 6) is -1.29. The second kappa shape index (κ2) is 7.22. The molecule has 0 atom stereocenters. The fourth-order valence-electron chi connectivity index (χ4n) is 3.52. The van der Waals surface area contributed by atoms with Gasteiger partial charge in [-0.1, -0.05) is 12.1 Å². The SMILES string of the molecule is CN(C)c1ncc(C(F)(F)F)cc1-c1ccc(-n2c(N)c3c(cc2=O)C(=O)NC3=O)cc1. The molecule has 1 aromatic carbocycles. The van der Waals surface area contributed by atoms with Crippen LogP contribution in [0.5, 0.6) is 0 Å². The van der Waals surface area contributed by atoms with Gasteiger partial charge in [-0.05, 0) is 23.8 Å². The molecule has 0 aliphatic carbocycles. The Morgan fingerprint density at radius 3 is 2.25 bits per heavy atom. The lowest BCUT2D eigenvalue weighted by molar-refractivity contribution is -0.137. The van der Waals surface area contributed by atoms with E-state index in [1.54, 1.807) is 19.0 Å². The molecule has 32 heavy (non-hydrogen) atoms. The minimum absolute atomic E-state index is 0.101. The van der Waals surface area contributed by atoms with Crippen LogP contribution in [0.4, 0.5) is 24.8 Å². The van der Waals surface area contributed by atoms with Gasteiger partial charge in [0, 0.05) is 31.9 Å². The summed E-state index contributed by atoms with van der Waals surface area (Å²) in [5.41, 5.74) is 5.23. The molecule has 0 spiro atoms. The van der Waals surface area contributed by atoms with Gasteiger partial charge in [-0.25, -0.2) is 4.98 Å². The first-order valence-electron chi connectivity index (χ1n) is 9.25. The number of nitrogen functional groups attached to an aromatic ring is 1. The zero-order valence-electron chi connectivity index (χ0n) is 16.8. The van der Waals surface area contributed by atoms with Crippen LogP contribution < -0.4 is 21.5 Å². The van der Waals surface area contributed by atoms with Crippen molar-refractivity contribution in [1.29, 1.82) is 0 Å². The minimum Gasteiger partial charge on any atom is -0.384 e. The molecule has 0 fully saturated rings. The third-order valence-electron chi connectivity index (χ3n) is 5.01. The van der Waals surface area contributed by atoms with Crippen molar-refractivity contribution in [2.75, 3.05) is 24.7 Å². The zero-order valence-corrected chi connectivity index (χ0v) is 16.8. The number of nitrogens with two attached hydrogens (primary N) is 1. The Morgan fingerprint density at radius 1 is 1.00 bits per heavy atom. The molecule has 11 heteroatoms. The van der Waals surface area contributed by atoms with Gasteiger partial charge in [0.1, 0.15) is 11.6 Å². The van der Waals surface area contributed by atoms with Crippen LogP contribution in [0, 0.1) is 0 Å². The molecule has 0 bridgehead atoms. The molecule has 4 rings (SSSR count). The van der Waals surface area contributed by atoms with Gasteiger partial charge in [-0.3, -0.25) is 24.3 Å². The van der Waals surface area contributed by atoms with Gasteiger partial charge in [-0.2, -0.15) is 13.2 Å². The van der Waals surface area contributed by atoms with E-state index in [1.165, 1.54) is 24.3 Å². The van der Waals surface area contributed by atoms with Crippen LogP contribution in [0.15, 0.2) is 47.4 Å². The molecular formula is C21H16F3N5O3. The van der Waals surface area contributed by atoms with E-state index in [0.717, 1.165) is 22.9 Å². The van der Waals surface area contributed by atoms with Gasteiger partial charge in [-0.15, -0.1) is 0 Å². The number of hydrogen-bond acceptors (Lipinski definition) is 6. The fraction of sp³-hybridized carbons (Fsp3) is 0.143. The van der Waals surface area contributed by atoms with Gasteiger partial charge in [0.25, 0.3) is 17.4 Å². The number of benzene rings is 1. The van der Waals surface area contributed by atoms with Gasteiger partial charge in [0.2, 0.25) is 0 Å². The number of carbonyl (C=O) groups is 2. The number of fused-ring (bicyclic) bond motifs is 1. The molecule has 0 radical (unpaired) electrons. The van der Waals surface area contributed by atoms with Crippen molar-refractivity contribution >= 4 is 23.5 Å². The first-order valence-corrected chi connectivity index (χ1v) is 9.25. The Morgan fingerprint density at radius 2 is 1.66 bits per heavy atom. The molecule has 3 heterocycles. The van der Waals surface area contributed by atoms with Crippen molar-refractivity contribution in [3.63, 3.8) is 0 Å². The topological polar surface area (TPSA) is 110 Å². The molecule has 1 aliphatic rings. The van der Waals surface area contributed by atoms with Crippen molar-refractivity contribution < 1.29 is 22.8 Å². The van der Waals surface area contributed by atoms with Gasteiger partial charge in [0.15, 0.2) is 0 Å². The average Bonchev–Trinajstić information content (AvgIpc) is 3.00. The summed E-state index contributed by atoms with van der Waals surface area (Å²) < 4.78 is 40.6. The summed E-state index contributed by atoms with van der Waals surface area (Å²) in [6.45, 7) is 0. The summed E-state index contributed by atoms with van der Waals surface area (Å²) >= 11 is 0. The van der Waals surface area contributed by atoms with Crippen LogP contribution in [0.25, 0.3) is 16.8 Å². The largest absolute Gasteiger partial charge is 0.417 e. The summed E-state index contributed by atoms with van der Waals surface area (Å²) in [5, 5.41) is 2.08. The summed E-state index contributed by atoms with van der Waals surface area (Å²) in [7, 11) is 3.31. The lowest BCUT2D eigenvalue weighted by atomic mass is 10.0. The molecule has 3 aromatic rings. The molecule has 164 valence electrons. The average molecular weight is 443 g/mol. The number of nitrogens with one attached hydrogen (secondary N) is 1. The van der Waals surface area contributed by atoms with Crippen LogP contribution in [-0.2, 0) is 6.18 Å². The maximum atomic E-state index is 13.2. The Kier molecular flexibility index (Phi) is 4.76.